The SMILES string of the molecule is CCOCC(Nc1cc(N)cc(Cl)n1)C(C)C. The highest BCUT2D eigenvalue weighted by Crippen LogP contribution is 2.18. The van der Waals surface area contributed by atoms with Crippen molar-refractivity contribution in [3.05, 3.63) is 17.3 Å². The van der Waals surface area contributed by atoms with E-state index < -0.39 is 0 Å². The van der Waals surface area contributed by atoms with Crippen LogP contribution in [0.5, 0.6) is 0 Å². The number of hydrogen-bond donors (Lipinski definition) is 2. The lowest BCUT2D eigenvalue weighted by molar-refractivity contribution is 0.126. The number of ether oxygens (including phenoxy) is 1. The number of hydrogen-bond acceptors (Lipinski definition) is 4. The molecule has 0 radical (unpaired) electrons. The Bertz CT molecular complexity index is 337. The molecule has 0 aromatic carbocycles. The van der Waals surface area contributed by atoms with Crippen molar-refractivity contribution in [2.75, 3.05) is 24.3 Å². The predicted molar refractivity (Wildman–Crippen MR) is 72.4 cm³/mol. The molecule has 4 nitrogen and oxygen atoms in total. The molecule has 1 atom stereocenters. The van der Waals surface area contributed by atoms with Gasteiger partial charge < -0.3 is 15.8 Å². The van der Waals surface area contributed by atoms with Gasteiger partial charge in [-0.3, -0.25) is 0 Å². The van der Waals surface area contributed by atoms with Crippen LogP contribution in [0.4, 0.5) is 11.5 Å². The lowest BCUT2D eigenvalue weighted by atomic mass is 10.1. The maximum Gasteiger partial charge on any atom is 0.133 e. The first-order chi connectivity index (χ1) is 8.02. The van der Waals surface area contributed by atoms with E-state index in [0.29, 0.717) is 35.8 Å². The minimum absolute atomic E-state index is 0.195. The summed E-state index contributed by atoms with van der Waals surface area (Å²) in [6, 6.07) is 3.59. The third-order valence-electron chi connectivity index (χ3n) is 2.46. The molecule has 0 spiro atoms. The second-order valence-corrected chi connectivity index (χ2v) is 4.65. The van der Waals surface area contributed by atoms with Crippen molar-refractivity contribution in [2.24, 2.45) is 5.92 Å². The summed E-state index contributed by atoms with van der Waals surface area (Å²) in [6.45, 7) is 7.58. The zero-order valence-corrected chi connectivity index (χ0v) is 11.3. The Morgan fingerprint density at radius 1 is 1.47 bits per heavy atom. The van der Waals surface area contributed by atoms with Crippen LogP contribution in [0.1, 0.15) is 20.8 Å². The molecule has 3 N–H and O–H groups in total. The van der Waals surface area contributed by atoms with Crippen LogP contribution in [-0.4, -0.2) is 24.2 Å². The fraction of sp³-hybridized carbons (Fsp3) is 0.583. The van der Waals surface area contributed by atoms with Gasteiger partial charge in [0.25, 0.3) is 0 Å². The maximum absolute atomic E-state index is 5.86. The second-order valence-electron chi connectivity index (χ2n) is 4.26. The molecule has 0 saturated carbocycles. The molecule has 0 aliphatic rings. The summed E-state index contributed by atoms with van der Waals surface area (Å²) in [4.78, 5) is 4.18. The van der Waals surface area contributed by atoms with Gasteiger partial charge in [0, 0.05) is 18.4 Å². The number of halogens is 1. The number of pyridine rings is 1. The third-order valence-corrected chi connectivity index (χ3v) is 2.65. The summed E-state index contributed by atoms with van der Waals surface area (Å²) in [6.07, 6.45) is 0. The molecule has 5 heteroatoms. The highest BCUT2D eigenvalue weighted by Gasteiger charge is 2.14. The van der Waals surface area contributed by atoms with Crippen LogP contribution in [0, 0.1) is 5.92 Å². The molecule has 0 aliphatic carbocycles. The Labute approximate surface area is 108 Å². The summed E-state index contributed by atoms with van der Waals surface area (Å²) in [5.74, 6) is 1.12. The first kappa shape index (κ1) is 14.1. The molecule has 1 unspecified atom stereocenters. The number of nitrogens with two attached hydrogens (primary N) is 1. The predicted octanol–water partition coefficient (Wildman–Crippen LogP) is 2.79. The van der Waals surface area contributed by atoms with Crippen LogP contribution in [0.3, 0.4) is 0 Å². The molecule has 0 aliphatic heterocycles. The third kappa shape index (κ3) is 4.79. The van der Waals surface area contributed by atoms with E-state index in [1.54, 1.807) is 12.1 Å². The number of aromatic nitrogens is 1. The number of anilines is 2. The van der Waals surface area contributed by atoms with Gasteiger partial charge >= 0.3 is 0 Å². The van der Waals surface area contributed by atoms with Crippen LogP contribution in [-0.2, 0) is 4.74 Å². The largest absolute Gasteiger partial charge is 0.399 e. The van der Waals surface area contributed by atoms with Crippen molar-refractivity contribution >= 4 is 23.1 Å². The van der Waals surface area contributed by atoms with Crippen LogP contribution < -0.4 is 11.1 Å². The first-order valence-corrected chi connectivity index (χ1v) is 6.18. The molecule has 1 aromatic heterocycles. The molecule has 1 aromatic rings. The fourth-order valence-corrected chi connectivity index (χ4v) is 1.64. The van der Waals surface area contributed by atoms with Gasteiger partial charge in [0.2, 0.25) is 0 Å². The van der Waals surface area contributed by atoms with Crippen LogP contribution >= 0.6 is 11.6 Å². The lowest BCUT2D eigenvalue weighted by Gasteiger charge is -2.22. The molecule has 0 saturated heterocycles. The van der Waals surface area contributed by atoms with Gasteiger partial charge in [0.05, 0.1) is 12.6 Å². The Balaban J connectivity index is 2.71. The number of rotatable bonds is 6. The lowest BCUT2D eigenvalue weighted by Crippen LogP contribution is -2.31. The molecule has 1 rings (SSSR count). The quantitative estimate of drug-likeness (QED) is 0.770. The molecule has 0 fully saturated rings. The average molecular weight is 258 g/mol. The van der Waals surface area contributed by atoms with Crippen LogP contribution in [0.2, 0.25) is 5.15 Å². The van der Waals surface area contributed by atoms with E-state index in [-0.39, 0.29) is 6.04 Å². The maximum atomic E-state index is 5.86. The molecule has 96 valence electrons. The van der Waals surface area contributed by atoms with Crippen molar-refractivity contribution in [3.8, 4) is 0 Å². The highest BCUT2D eigenvalue weighted by atomic mass is 35.5. The summed E-state index contributed by atoms with van der Waals surface area (Å²) >= 11 is 5.86. The van der Waals surface area contributed by atoms with Gasteiger partial charge in [-0.2, -0.15) is 0 Å². The molecular formula is C12H20ClN3O. The van der Waals surface area contributed by atoms with E-state index in [1.165, 1.54) is 0 Å². The van der Waals surface area contributed by atoms with Crippen molar-refractivity contribution in [1.82, 2.24) is 4.98 Å². The van der Waals surface area contributed by atoms with E-state index in [0.717, 1.165) is 0 Å². The molecule has 0 bridgehead atoms. The number of nitrogen functional groups attached to an aromatic ring is 1. The van der Waals surface area contributed by atoms with Crippen molar-refractivity contribution in [1.29, 1.82) is 0 Å². The topological polar surface area (TPSA) is 60.2 Å². The fourth-order valence-electron chi connectivity index (χ4n) is 1.43. The Morgan fingerprint density at radius 2 is 2.18 bits per heavy atom. The smallest absolute Gasteiger partial charge is 0.133 e. The molecule has 17 heavy (non-hydrogen) atoms. The van der Waals surface area contributed by atoms with E-state index in [1.807, 2.05) is 6.92 Å². The number of nitrogens with one attached hydrogen (secondary N) is 1. The Kier molecular flexibility index (Phi) is 5.51. The zero-order valence-electron chi connectivity index (χ0n) is 10.5. The van der Waals surface area contributed by atoms with E-state index >= 15 is 0 Å². The summed E-state index contributed by atoms with van der Waals surface area (Å²) in [5, 5.41) is 3.69. The average Bonchev–Trinajstić information content (AvgIpc) is 2.22. The zero-order chi connectivity index (χ0) is 12.8. The number of nitrogens with zero attached hydrogens (tertiary/aromatic N) is 1. The van der Waals surface area contributed by atoms with Crippen LogP contribution in [0.15, 0.2) is 12.1 Å². The molecule has 0 amide bonds. The van der Waals surface area contributed by atoms with E-state index in [4.69, 9.17) is 22.1 Å². The van der Waals surface area contributed by atoms with Crippen molar-refractivity contribution in [2.45, 2.75) is 26.8 Å². The van der Waals surface area contributed by atoms with Gasteiger partial charge in [-0.05, 0) is 18.9 Å². The van der Waals surface area contributed by atoms with Crippen molar-refractivity contribution < 1.29 is 4.74 Å². The van der Waals surface area contributed by atoms with Crippen molar-refractivity contribution in [3.63, 3.8) is 0 Å². The minimum atomic E-state index is 0.195. The minimum Gasteiger partial charge on any atom is -0.399 e. The Hall–Kier alpha value is -1.00. The van der Waals surface area contributed by atoms with Gasteiger partial charge in [-0.1, -0.05) is 25.4 Å². The van der Waals surface area contributed by atoms with Gasteiger partial charge in [-0.15, -0.1) is 0 Å². The monoisotopic (exact) mass is 257 g/mol. The molecular weight excluding hydrogens is 238 g/mol. The normalized spacial score (nSPS) is 12.8. The second kappa shape index (κ2) is 6.67. The van der Waals surface area contributed by atoms with E-state index in [2.05, 4.69) is 24.1 Å². The standard InChI is InChI=1S/C12H20ClN3O/c1-4-17-7-10(8(2)3)15-12-6-9(14)5-11(13)16-12/h5-6,8,10H,4,7H2,1-3H3,(H3,14,15,16). The van der Waals surface area contributed by atoms with Gasteiger partial charge in [0.15, 0.2) is 0 Å². The summed E-state index contributed by atoms with van der Waals surface area (Å²) in [5.41, 5.74) is 6.32. The summed E-state index contributed by atoms with van der Waals surface area (Å²) < 4.78 is 5.44. The van der Waals surface area contributed by atoms with E-state index in [9.17, 15) is 0 Å². The Morgan fingerprint density at radius 3 is 2.71 bits per heavy atom. The highest BCUT2D eigenvalue weighted by molar-refractivity contribution is 6.29. The first-order valence-electron chi connectivity index (χ1n) is 5.80. The summed E-state index contributed by atoms with van der Waals surface area (Å²) in [7, 11) is 0. The molecule has 1 heterocycles. The van der Waals surface area contributed by atoms with Gasteiger partial charge in [0.1, 0.15) is 11.0 Å². The van der Waals surface area contributed by atoms with Gasteiger partial charge in [-0.25, -0.2) is 4.98 Å². The van der Waals surface area contributed by atoms with Crippen LogP contribution in [0.25, 0.3) is 0 Å².